The molecule has 1 rings (SSSR count). The van der Waals surface area contributed by atoms with Crippen molar-refractivity contribution in [2.24, 2.45) is 17.6 Å². The molecule has 1 atom stereocenters. The second kappa shape index (κ2) is 3.29. The summed E-state index contributed by atoms with van der Waals surface area (Å²) < 4.78 is 0. The van der Waals surface area contributed by atoms with Crippen LogP contribution in [0.3, 0.4) is 0 Å². The molecule has 11 heavy (non-hydrogen) atoms. The van der Waals surface area contributed by atoms with Gasteiger partial charge in [0.1, 0.15) is 0 Å². The molecule has 0 amide bonds. The summed E-state index contributed by atoms with van der Waals surface area (Å²) >= 11 is 0. The number of hydrogen-bond donors (Lipinski definition) is 1. The number of hydrogen-bond acceptors (Lipinski definition) is 1. The van der Waals surface area contributed by atoms with E-state index in [0.717, 1.165) is 24.0 Å². The SMILES string of the molecule is CC1=C(N)C[C@H](C(C)C)CC1. The van der Waals surface area contributed by atoms with Crippen molar-refractivity contribution >= 4 is 0 Å². The molecule has 0 spiro atoms. The Morgan fingerprint density at radius 2 is 2.09 bits per heavy atom. The van der Waals surface area contributed by atoms with Crippen LogP contribution >= 0.6 is 0 Å². The molecule has 0 saturated carbocycles. The summed E-state index contributed by atoms with van der Waals surface area (Å²) in [6.07, 6.45) is 3.68. The standard InChI is InChI=1S/C10H19N/c1-7(2)9-5-4-8(3)10(11)6-9/h7,9H,4-6,11H2,1-3H3/t9-/m1/s1. The van der Waals surface area contributed by atoms with Gasteiger partial charge in [0.2, 0.25) is 0 Å². The van der Waals surface area contributed by atoms with E-state index >= 15 is 0 Å². The van der Waals surface area contributed by atoms with Gasteiger partial charge < -0.3 is 5.73 Å². The quantitative estimate of drug-likeness (QED) is 0.615. The van der Waals surface area contributed by atoms with Gasteiger partial charge in [0.05, 0.1) is 0 Å². The monoisotopic (exact) mass is 153 g/mol. The fourth-order valence-corrected chi connectivity index (χ4v) is 1.69. The molecular weight excluding hydrogens is 134 g/mol. The number of rotatable bonds is 1. The van der Waals surface area contributed by atoms with Crippen LogP contribution in [0.1, 0.15) is 40.0 Å². The van der Waals surface area contributed by atoms with Crippen molar-refractivity contribution in [3.8, 4) is 0 Å². The first-order chi connectivity index (χ1) is 5.11. The zero-order valence-corrected chi connectivity index (χ0v) is 7.85. The highest BCUT2D eigenvalue weighted by molar-refractivity contribution is 5.12. The van der Waals surface area contributed by atoms with Crippen LogP contribution < -0.4 is 5.73 Å². The average molecular weight is 153 g/mol. The molecule has 0 heterocycles. The molecule has 1 aliphatic rings. The first kappa shape index (κ1) is 8.63. The molecule has 1 nitrogen and oxygen atoms in total. The van der Waals surface area contributed by atoms with Gasteiger partial charge in [-0.15, -0.1) is 0 Å². The Morgan fingerprint density at radius 1 is 1.45 bits per heavy atom. The van der Waals surface area contributed by atoms with Crippen molar-refractivity contribution in [2.75, 3.05) is 0 Å². The van der Waals surface area contributed by atoms with Gasteiger partial charge in [0, 0.05) is 5.70 Å². The Bertz CT molecular complexity index is 168. The van der Waals surface area contributed by atoms with E-state index in [9.17, 15) is 0 Å². The van der Waals surface area contributed by atoms with E-state index in [2.05, 4.69) is 20.8 Å². The topological polar surface area (TPSA) is 26.0 Å². The van der Waals surface area contributed by atoms with Crippen LogP contribution in [-0.4, -0.2) is 0 Å². The zero-order chi connectivity index (χ0) is 8.43. The smallest absolute Gasteiger partial charge is 0.00724 e. The van der Waals surface area contributed by atoms with Crippen LogP contribution in [0.4, 0.5) is 0 Å². The largest absolute Gasteiger partial charge is 0.402 e. The summed E-state index contributed by atoms with van der Waals surface area (Å²) in [5, 5.41) is 0. The fraction of sp³-hybridized carbons (Fsp3) is 0.800. The van der Waals surface area contributed by atoms with E-state index in [1.165, 1.54) is 18.4 Å². The summed E-state index contributed by atoms with van der Waals surface area (Å²) in [6.45, 7) is 6.74. The first-order valence-electron chi connectivity index (χ1n) is 4.55. The van der Waals surface area contributed by atoms with Gasteiger partial charge in [-0.1, -0.05) is 19.4 Å². The minimum atomic E-state index is 0.793. The van der Waals surface area contributed by atoms with Crippen molar-refractivity contribution in [1.82, 2.24) is 0 Å². The molecule has 0 aromatic heterocycles. The maximum Gasteiger partial charge on any atom is 0.00724 e. The van der Waals surface area contributed by atoms with Gasteiger partial charge in [0.15, 0.2) is 0 Å². The third-order valence-electron chi connectivity index (χ3n) is 2.86. The minimum absolute atomic E-state index is 0.793. The Labute approximate surface area is 69.7 Å². The molecule has 0 saturated heterocycles. The van der Waals surface area contributed by atoms with E-state index in [1.807, 2.05) is 0 Å². The number of nitrogens with two attached hydrogens (primary N) is 1. The summed E-state index contributed by atoms with van der Waals surface area (Å²) in [5.41, 5.74) is 8.45. The first-order valence-corrected chi connectivity index (χ1v) is 4.55. The predicted octanol–water partition coefficient (Wildman–Crippen LogP) is 2.68. The van der Waals surface area contributed by atoms with Crippen molar-refractivity contribution in [2.45, 2.75) is 40.0 Å². The molecule has 1 heteroatoms. The fourth-order valence-electron chi connectivity index (χ4n) is 1.69. The molecule has 0 unspecified atom stereocenters. The summed E-state index contributed by atoms with van der Waals surface area (Å²) in [5.74, 6) is 1.63. The molecule has 0 aliphatic heterocycles. The Kier molecular flexibility index (Phi) is 2.58. The highest BCUT2D eigenvalue weighted by atomic mass is 14.6. The molecule has 0 radical (unpaired) electrons. The van der Waals surface area contributed by atoms with E-state index in [4.69, 9.17) is 5.73 Å². The molecule has 2 N–H and O–H groups in total. The molecule has 0 bridgehead atoms. The molecule has 1 aliphatic carbocycles. The van der Waals surface area contributed by atoms with Crippen LogP contribution in [0, 0.1) is 11.8 Å². The lowest BCUT2D eigenvalue weighted by molar-refractivity contribution is 0.340. The van der Waals surface area contributed by atoms with Crippen molar-refractivity contribution in [3.63, 3.8) is 0 Å². The normalized spacial score (nSPS) is 26.4. The Morgan fingerprint density at radius 3 is 2.55 bits per heavy atom. The second-order valence-electron chi connectivity index (χ2n) is 4.05. The van der Waals surface area contributed by atoms with E-state index in [1.54, 1.807) is 0 Å². The van der Waals surface area contributed by atoms with Crippen LogP contribution in [0.2, 0.25) is 0 Å². The zero-order valence-electron chi connectivity index (χ0n) is 7.85. The Balaban J connectivity index is 2.57. The summed E-state index contributed by atoms with van der Waals surface area (Å²) in [7, 11) is 0. The van der Waals surface area contributed by atoms with Gasteiger partial charge in [0.25, 0.3) is 0 Å². The third-order valence-corrected chi connectivity index (χ3v) is 2.86. The van der Waals surface area contributed by atoms with Crippen molar-refractivity contribution in [3.05, 3.63) is 11.3 Å². The third kappa shape index (κ3) is 1.98. The van der Waals surface area contributed by atoms with Gasteiger partial charge in [-0.3, -0.25) is 0 Å². The van der Waals surface area contributed by atoms with Gasteiger partial charge in [-0.2, -0.15) is 0 Å². The van der Waals surface area contributed by atoms with Gasteiger partial charge in [-0.05, 0) is 38.0 Å². The maximum absolute atomic E-state index is 5.89. The van der Waals surface area contributed by atoms with Gasteiger partial charge in [-0.25, -0.2) is 0 Å². The van der Waals surface area contributed by atoms with Crippen LogP contribution in [0.25, 0.3) is 0 Å². The lowest BCUT2D eigenvalue weighted by Gasteiger charge is -2.26. The van der Waals surface area contributed by atoms with Crippen molar-refractivity contribution < 1.29 is 0 Å². The molecule has 0 fully saturated rings. The van der Waals surface area contributed by atoms with Crippen LogP contribution in [0.5, 0.6) is 0 Å². The highest BCUT2D eigenvalue weighted by Crippen LogP contribution is 2.31. The van der Waals surface area contributed by atoms with Crippen LogP contribution in [0.15, 0.2) is 11.3 Å². The van der Waals surface area contributed by atoms with Gasteiger partial charge >= 0.3 is 0 Å². The number of allylic oxidation sites excluding steroid dienone is 2. The predicted molar refractivity (Wildman–Crippen MR) is 49.1 cm³/mol. The molecular formula is C10H19N. The lowest BCUT2D eigenvalue weighted by Crippen LogP contribution is -2.18. The minimum Gasteiger partial charge on any atom is -0.402 e. The van der Waals surface area contributed by atoms with Crippen molar-refractivity contribution in [1.29, 1.82) is 0 Å². The summed E-state index contributed by atoms with van der Waals surface area (Å²) in [4.78, 5) is 0. The summed E-state index contributed by atoms with van der Waals surface area (Å²) in [6, 6.07) is 0. The lowest BCUT2D eigenvalue weighted by atomic mass is 9.81. The van der Waals surface area contributed by atoms with E-state index in [0.29, 0.717) is 0 Å². The highest BCUT2D eigenvalue weighted by Gasteiger charge is 2.19. The van der Waals surface area contributed by atoms with E-state index < -0.39 is 0 Å². The maximum atomic E-state index is 5.89. The Hall–Kier alpha value is -0.460. The van der Waals surface area contributed by atoms with Crippen LogP contribution in [-0.2, 0) is 0 Å². The average Bonchev–Trinajstić information content (AvgIpc) is 1.94. The molecule has 0 aromatic carbocycles. The molecule has 0 aromatic rings. The molecule has 64 valence electrons. The second-order valence-corrected chi connectivity index (χ2v) is 4.05. The van der Waals surface area contributed by atoms with E-state index in [-0.39, 0.29) is 0 Å².